The van der Waals surface area contributed by atoms with Gasteiger partial charge in [0.1, 0.15) is 5.75 Å². The zero-order chi connectivity index (χ0) is 7.61. The summed E-state index contributed by atoms with van der Waals surface area (Å²) in [6.45, 7) is 0. The van der Waals surface area contributed by atoms with E-state index in [9.17, 15) is 8.42 Å². The highest BCUT2D eigenvalue weighted by atomic mass is 32.2. The van der Waals surface area contributed by atoms with E-state index in [-0.39, 0.29) is 5.92 Å². The molecule has 1 aliphatic carbocycles. The fraction of sp³-hybridized carbons (Fsp3) is 0.833. The molecule has 0 aromatic carbocycles. The normalized spacial score (nSPS) is 21.7. The van der Waals surface area contributed by atoms with E-state index in [1.165, 1.54) is 0 Å². The Balaban J connectivity index is 2.38. The SMILES string of the molecule is O=S(=O)(O)[CH]C1CCCC1. The first-order valence-corrected chi connectivity index (χ1v) is 4.90. The summed E-state index contributed by atoms with van der Waals surface area (Å²) in [7, 11) is -3.83. The fourth-order valence-electron chi connectivity index (χ4n) is 1.34. The van der Waals surface area contributed by atoms with Crippen LogP contribution in [0.3, 0.4) is 0 Å². The first-order chi connectivity index (χ1) is 4.58. The smallest absolute Gasteiger partial charge is 0.269 e. The van der Waals surface area contributed by atoms with Gasteiger partial charge in [-0.25, -0.2) is 0 Å². The summed E-state index contributed by atoms with van der Waals surface area (Å²) in [6.07, 6.45) is 3.97. The summed E-state index contributed by atoms with van der Waals surface area (Å²) in [5.41, 5.74) is 0. The Morgan fingerprint density at radius 3 is 2.20 bits per heavy atom. The predicted molar refractivity (Wildman–Crippen MR) is 37.8 cm³/mol. The van der Waals surface area contributed by atoms with E-state index >= 15 is 0 Å². The van der Waals surface area contributed by atoms with Crippen LogP contribution in [0.15, 0.2) is 0 Å². The average molecular weight is 163 g/mol. The predicted octanol–water partition coefficient (Wildman–Crippen LogP) is 1.23. The van der Waals surface area contributed by atoms with Crippen LogP contribution in [0.25, 0.3) is 0 Å². The van der Waals surface area contributed by atoms with Crippen LogP contribution in [0.5, 0.6) is 0 Å². The lowest BCUT2D eigenvalue weighted by atomic mass is 10.1. The van der Waals surface area contributed by atoms with Crippen molar-refractivity contribution in [1.29, 1.82) is 0 Å². The van der Waals surface area contributed by atoms with E-state index in [1.54, 1.807) is 0 Å². The van der Waals surface area contributed by atoms with Gasteiger partial charge in [0.2, 0.25) is 0 Å². The molecule has 59 valence electrons. The van der Waals surface area contributed by atoms with E-state index in [4.69, 9.17) is 4.55 Å². The van der Waals surface area contributed by atoms with Crippen LogP contribution >= 0.6 is 0 Å². The molecule has 0 spiro atoms. The molecule has 0 atom stereocenters. The Hall–Kier alpha value is -0.0900. The summed E-state index contributed by atoms with van der Waals surface area (Å²) in [5.74, 6) is 1.15. The molecule has 0 aromatic rings. The number of hydrogen-bond acceptors (Lipinski definition) is 2. The average Bonchev–Trinajstić information content (AvgIpc) is 2.12. The zero-order valence-corrected chi connectivity index (χ0v) is 6.47. The molecule has 0 aromatic heterocycles. The van der Waals surface area contributed by atoms with Crippen molar-refractivity contribution in [1.82, 2.24) is 0 Å². The third-order valence-corrected chi connectivity index (χ3v) is 2.49. The van der Waals surface area contributed by atoms with E-state index in [0.717, 1.165) is 31.4 Å². The van der Waals surface area contributed by atoms with Crippen LogP contribution in [0.1, 0.15) is 25.7 Å². The van der Waals surface area contributed by atoms with Crippen molar-refractivity contribution >= 4 is 10.1 Å². The summed E-state index contributed by atoms with van der Waals surface area (Å²) in [5, 5.41) is 0. The molecule has 4 heteroatoms. The standard InChI is InChI=1S/C6H11O3S/c7-10(8,9)5-6-3-1-2-4-6/h5-6H,1-4H2,(H,7,8,9). The molecule has 1 N–H and O–H groups in total. The second-order valence-electron chi connectivity index (χ2n) is 2.70. The van der Waals surface area contributed by atoms with Crippen LogP contribution in [-0.4, -0.2) is 13.0 Å². The summed E-state index contributed by atoms with van der Waals surface area (Å²) < 4.78 is 29.0. The molecule has 0 amide bonds. The summed E-state index contributed by atoms with van der Waals surface area (Å²) >= 11 is 0. The third kappa shape index (κ3) is 2.66. The van der Waals surface area contributed by atoms with Gasteiger partial charge in [-0.3, -0.25) is 4.55 Å². The minimum absolute atomic E-state index is 0.0926. The zero-order valence-electron chi connectivity index (χ0n) is 5.66. The molecule has 0 bridgehead atoms. The van der Waals surface area contributed by atoms with Gasteiger partial charge in [0.05, 0.1) is 0 Å². The lowest BCUT2D eigenvalue weighted by molar-refractivity contribution is 0.479. The Morgan fingerprint density at radius 1 is 1.30 bits per heavy atom. The van der Waals surface area contributed by atoms with Crippen molar-refractivity contribution in [3.63, 3.8) is 0 Å². The number of rotatable bonds is 2. The Bertz CT molecular complexity index is 189. The van der Waals surface area contributed by atoms with E-state index in [1.807, 2.05) is 0 Å². The molecule has 10 heavy (non-hydrogen) atoms. The Labute approximate surface area is 61.2 Å². The number of hydrogen-bond donors (Lipinski definition) is 1. The van der Waals surface area contributed by atoms with Crippen molar-refractivity contribution < 1.29 is 13.0 Å². The molecule has 1 saturated carbocycles. The Morgan fingerprint density at radius 2 is 1.80 bits per heavy atom. The molecule has 0 aliphatic heterocycles. The molecule has 3 nitrogen and oxygen atoms in total. The van der Waals surface area contributed by atoms with E-state index in [0.29, 0.717) is 0 Å². The van der Waals surface area contributed by atoms with Gasteiger partial charge < -0.3 is 0 Å². The minimum atomic E-state index is -3.83. The van der Waals surface area contributed by atoms with Crippen molar-refractivity contribution in [2.45, 2.75) is 25.7 Å². The lowest BCUT2D eigenvalue weighted by Crippen LogP contribution is -2.05. The molecule has 1 aliphatic rings. The maximum Gasteiger partial charge on any atom is 0.269 e. The van der Waals surface area contributed by atoms with Crippen molar-refractivity contribution in [2.24, 2.45) is 5.92 Å². The van der Waals surface area contributed by atoms with Crippen molar-refractivity contribution in [2.75, 3.05) is 0 Å². The molecule has 1 rings (SSSR count). The highest BCUT2D eigenvalue weighted by molar-refractivity contribution is 7.87. The second-order valence-corrected chi connectivity index (χ2v) is 4.00. The second kappa shape index (κ2) is 2.88. The third-order valence-electron chi connectivity index (χ3n) is 1.76. The molecule has 0 saturated heterocycles. The van der Waals surface area contributed by atoms with Gasteiger partial charge in [-0.2, -0.15) is 8.42 Å². The van der Waals surface area contributed by atoms with Crippen molar-refractivity contribution in [3.05, 3.63) is 5.75 Å². The summed E-state index contributed by atoms with van der Waals surface area (Å²) in [6, 6.07) is 0. The van der Waals surface area contributed by atoms with E-state index < -0.39 is 10.1 Å². The van der Waals surface area contributed by atoms with Gasteiger partial charge in [-0.1, -0.05) is 12.8 Å². The van der Waals surface area contributed by atoms with Crippen LogP contribution in [-0.2, 0) is 10.1 Å². The maximum absolute atomic E-state index is 10.3. The van der Waals surface area contributed by atoms with Gasteiger partial charge in [0.25, 0.3) is 10.1 Å². The van der Waals surface area contributed by atoms with Gasteiger partial charge in [-0.15, -0.1) is 0 Å². The highest BCUT2D eigenvalue weighted by Crippen LogP contribution is 2.28. The maximum atomic E-state index is 10.3. The topological polar surface area (TPSA) is 54.4 Å². The first-order valence-electron chi connectivity index (χ1n) is 3.40. The minimum Gasteiger partial charge on any atom is -0.285 e. The summed E-state index contributed by atoms with van der Waals surface area (Å²) in [4.78, 5) is 0. The lowest BCUT2D eigenvalue weighted by Gasteiger charge is -2.02. The van der Waals surface area contributed by atoms with Crippen LogP contribution in [0, 0.1) is 11.7 Å². The van der Waals surface area contributed by atoms with Gasteiger partial charge in [0, 0.05) is 0 Å². The fourth-order valence-corrected chi connectivity index (χ4v) is 2.10. The van der Waals surface area contributed by atoms with Crippen LogP contribution < -0.4 is 0 Å². The quantitative estimate of drug-likeness (QED) is 0.623. The molecular weight excluding hydrogens is 152 g/mol. The Kier molecular flexibility index (Phi) is 2.31. The van der Waals surface area contributed by atoms with E-state index in [2.05, 4.69) is 0 Å². The van der Waals surface area contributed by atoms with Crippen LogP contribution in [0.4, 0.5) is 0 Å². The largest absolute Gasteiger partial charge is 0.285 e. The monoisotopic (exact) mass is 163 g/mol. The van der Waals surface area contributed by atoms with Gasteiger partial charge >= 0.3 is 0 Å². The molecule has 0 heterocycles. The molecule has 0 unspecified atom stereocenters. The van der Waals surface area contributed by atoms with Gasteiger partial charge in [0.15, 0.2) is 0 Å². The van der Waals surface area contributed by atoms with Crippen LogP contribution in [0.2, 0.25) is 0 Å². The molecular formula is C6H11O3S. The van der Waals surface area contributed by atoms with Gasteiger partial charge in [-0.05, 0) is 18.8 Å². The molecule has 1 fully saturated rings. The van der Waals surface area contributed by atoms with Crippen molar-refractivity contribution in [3.8, 4) is 0 Å². The molecule has 1 radical (unpaired) electrons. The highest BCUT2D eigenvalue weighted by Gasteiger charge is 2.20. The first kappa shape index (κ1) is 8.01.